The van der Waals surface area contributed by atoms with Crippen molar-refractivity contribution in [3.05, 3.63) is 54.5 Å². The van der Waals surface area contributed by atoms with Crippen molar-refractivity contribution in [2.75, 3.05) is 18.9 Å². The molecule has 1 saturated heterocycles. The van der Waals surface area contributed by atoms with Crippen LogP contribution in [0, 0.1) is 5.92 Å². The Bertz CT molecular complexity index is 1370. The summed E-state index contributed by atoms with van der Waals surface area (Å²) in [6.45, 7) is 6.92. The van der Waals surface area contributed by atoms with E-state index in [-0.39, 0.29) is 24.1 Å². The molecule has 1 aliphatic rings. The van der Waals surface area contributed by atoms with Crippen LogP contribution in [0.4, 0.5) is 5.82 Å². The molecule has 0 aliphatic carbocycles. The fourth-order valence-corrected chi connectivity index (χ4v) is 6.18. The SMILES string of the molecule is CCC(CC)COC(=O)[C@@H](C)NP(=O)(OC[C@H]1O[C@@](C)(c2ccc3c(N)ncnn23)[C@H](O)[C@@H]1O)Oc1ccccc1. The van der Waals surface area contributed by atoms with E-state index in [0.717, 1.165) is 12.8 Å². The third kappa shape index (κ3) is 6.72. The van der Waals surface area contributed by atoms with E-state index in [1.807, 2.05) is 13.8 Å². The van der Waals surface area contributed by atoms with E-state index in [0.29, 0.717) is 11.2 Å². The number of nitrogens with two attached hydrogens (primary N) is 1. The van der Waals surface area contributed by atoms with Gasteiger partial charge in [-0.05, 0) is 44.0 Å². The summed E-state index contributed by atoms with van der Waals surface area (Å²) >= 11 is 0. The zero-order valence-corrected chi connectivity index (χ0v) is 24.4. The van der Waals surface area contributed by atoms with Crippen LogP contribution >= 0.6 is 7.75 Å². The number of anilines is 1. The summed E-state index contributed by atoms with van der Waals surface area (Å²) in [6.07, 6.45) is -0.945. The number of carbonyl (C=O) groups is 1. The Labute approximate surface area is 238 Å². The van der Waals surface area contributed by atoms with Crippen molar-refractivity contribution in [3.8, 4) is 5.75 Å². The number of aliphatic hydroxyl groups is 2. The molecule has 3 aromatic rings. The van der Waals surface area contributed by atoms with E-state index in [1.54, 1.807) is 49.4 Å². The minimum Gasteiger partial charge on any atom is -0.464 e. The van der Waals surface area contributed by atoms with Crippen LogP contribution in [-0.4, -0.2) is 68.3 Å². The molecular weight excluding hydrogens is 553 g/mol. The summed E-state index contributed by atoms with van der Waals surface area (Å²) in [4.78, 5) is 16.6. The van der Waals surface area contributed by atoms with Crippen LogP contribution in [0.25, 0.3) is 5.52 Å². The number of aromatic nitrogens is 3. The molecule has 0 radical (unpaired) electrons. The van der Waals surface area contributed by atoms with Crippen LogP contribution in [-0.2, 0) is 29.0 Å². The third-order valence-corrected chi connectivity index (χ3v) is 9.00. The first-order chi connectivity index (χ1) is 19.5. The molecule has 14 heteroatoms. The second kappa shape index (κ2) is 12.8. The number of benzene rings is 1. The van der Waals surface area contributed by atoms with Crippen molar-refractivity contribution < 1.29 is 38.1 Å². The molecule has 1 aliphatic heterocycles. The third-order valence-electron chi connectivity index (χ3n) is 7.35. The Morgan fingerprint density at radius 1 is 1.22 bits per heavy atom. The highest BCUT2D eigenvalue weighted by molar-refractivity contribution is 7.52. The molecule has 224 valence electrons. The molecular formula is C27H38N5O8P. The average Bonchev–Trinajstić information content (AvgIpc) is 3.49. The predicted octanol–water partition coefficient (Wildman–Crippen LogP) is 2.81. The Morgan fingerprint density at radius 2 is 1.93 bits per heavy atom. The summed E-state index contributed by atoms with van der Waals surface area (Å²) in [5.74, 6) is 0.0760. The predicted molar refractivity (Wildman–Crippen MR) is 150 cm³/mol. The van der Waals surface area contributed by atoms with Gasteiger partial charge in [0.1, 0.15) is 47.5 Å². The molecule has 0 bridgehead atoms. The Balaban J connectivity index is 1.50. The molecule has 3 heterocycles. The number of rotatable bonds is 13. The standard InChI is InChI=1S/C27H38N5O8P/c1-5-18(6-2)14-37-26(35)17(3)31-41(36,40-19-10-8-7-9-11-19)38-15-21-23(33)24(34)27(4,39-21)22-13-12-20-25(28)29-16-30-32(20)22/h7-13,16-18,21,23-24,33-34H,5-6,14-15H2,1-4H3,(H,31,36)(H2,28,29,30)/t17-,21-,23-,24-,27+,41?/m1/s1. The second-order valence-corrected chi connectivity index (χ2v) is 11.9. The van der Waals surface area contributed by atoms with Gasteiger partial charge in [-0.25, -0.2) is 14.1 Å². The number of esters is 1. The lowest BCUT2D eigenvalue weighted by atomic mass is 9.93. The van der Waals surface area contributed by atoms with Crippen molar-refractivity contribution in [1.82, 2.24) is 19.7 Å². The second-order valence-electron chi connectivity index (χ2n) is 10.2. The highest BCUT2D eigenvalue weighted by atomic mass is 31.2. The number of hydrogen-bond donors (Lipinski definition) is 4. The lowest BCUT2D eigenvalue weighted by Crippen LogP contribution is -2.40. The zero-order valence-electron chi connectivity index (χ0n) is 23.5. The molecule has 1 aromatic carbocycles. The van der Waals surface area contributed by atoms with Gasteiger partial charge in [-0.1, -0.05) is 44.9 Å². The first-order valence-electron chi connectivity index (χ1n) is 13.6. The highest BCUT2D eigenvalue weighted by Gasteiger charge is 2.54. The number of nitrogens with zero attached hydrogens (tertiary/aromatic N) is 3. The summed E-state index contributed by atoms with van der Waals surface area (Å²) < 4.78 is 38.3. The molecule has 0 saturated carbocycles. The van der Waals surface area contributed by atoms with Crippen LogP contribution in [0.5, 0.6) is 5.75 Å². The lowest BCUT2D eigenvalue weighted by Gasteiger charge is -2.27. The first kappa shape index (κ1) is 30.9. The summed E-state index contributed by atoms with van der Waals surface area (Å²) in [5, 5.41) is 28.7. The van der Waals surface area contributed by atoms with Gasteiger partial charge in [-0.2, -0.15) is 10.2 Å². The van der Waals surface area contributed by atoms with Crippen LogP contribution < -0.4 is 15.3 Å². The number of para-hydroxylation sites is 1. The largest absolute Gasteiger partial charge is 0.464 e. The lowest BCUT2D eigenvalue weighted by molar-refractivity contribution is -0.146. The van der Waals surface area contributed by atoms with E-state index in [4.69, 9.17) is 24.3 Å². The van der Waals surface area contributed by atoms with Crippen LogP contribution in [0.1, 0.15) is 46.2 Å². The van der Waals surface area contributed by atoms with Gasteiger partial charge >= 0.3 is 13.7 Å². The van der Waals surface area contributed by atoms with Crippen molar-refractivity contribution in [2.45, 2.75) is 70.5 Å². The van der Waals surface area contributed by atoms with Crippen LogP contribution in [0.2, 0.25) is 0 Å². The molecule has 5 N–H and O–H groups in total. The normalized spacial score (nSPS) is 24.8. The topological polar surface area (TPSA) is 180 Å². The maximum absolute atomic E-state index is 13.9. The number of aliphatic hydroxyl groups excluding tert-OH is 2. The first-order valence-corrected chi connectivity index (χ1v) is 15.1. The highest BCUT2D eigenvalue weighted by Crippen LogP contribution is 2.47. The Kier molecular flexibility index (Phi) is 9.68. The summed E-state index contributed by atoms with van der Waals surface area (Å²) in [7, 11) is -4.22. The fourth-order valence-electron chi connectivity index (χ4n) is 4.68. The van der Waals surface area contributed by atoms with Gasteiger partial charge in [-0.15, -0.1) is 0 Å². The molecule has 2 aromatic heterocycles. The van der Waals surface area contributed by atoms with Gasteiger partial charge in [0.2, 0.25) is 0 Å². The summed E-state index contributed by atoms with van der Waals surface area (Å²) in [6, 6.07) is 10.6. The minimum absolute atomic E-state index is 0.220. The zero-order chi connectivity index (χ0) is 29.8. The average molecular weight is 592 g/mol. The van der Waals surface area contributed by atoms with Crippen molar-refractivity contribution in [3.63, 3.8) is 0 Å². The summed E-state index contributed by atoms with van der Waals surface area (Å²) in [5.41, 5.74) is 5.44. The Morgan fingerprint density at radius 3 is 2.61 bits per heavy atom. The number of nitrogens with one attached hydrogen (secondary N) is 1. The monoisotopic (exact) mass is 591 g/mol. The molecule has 41 heavy (non-hydrogen) atoms. The number of ether oxygens (including phenoxy) is 2. The van der Waals surface area contributed by atoms with E-state index in [9.17, 15) is 19.6 Å². The molecule has 0 amide bonds. The van der Waals surface area contributed by atoms with Crippen molar-refractivity contribution >= 4 is 25.1 Å². The van der Waals surface area contributed by atoms with Crippen LogP contribution in [0.3, 0.4) is 0 Å². The molecule has 0 spiro atoms. The number of nitrogen functional groups attached to an aromatic ring is 1. The molecule has 6 atom stereocenters. The van der Waals surface area contributed by atoms with Gasteiger partial charge in [0.15, 0.2) is 5.82 Å². The van der Waals surface area contributed by atoms with Crippen molar-refractivity contribution in [2.24, 2.45) is 5.92 Å². The molecule has 1 unspecified atom stereocenters. The van der Waals surface area contributed by atoms with E-state index >= 15 is 0 Å². The van der Waals surface area contributed by atoms with Gasteiger partial charge < -0.3 is 29.9 Å². The molecule has 13 nitrogen and oxygen atoms in total. The van der Waals surface area contributed by atoms with Crippen molar-refractivity contribution in [1.29, 1.82) is 0 Å². The number of carbonyl (C=O) groups excluding carboxylic acids is 1. The Hall–Kier alpha value is -3.06. The van der Waals surface area contributed by atoms with E-state index in [2.05, 4.69) is 15.2 Å². The number of hydrogen-bond acceptors (Lipinski definition) is 11. The van der Waals surface area contributed by atoms with Crippen LogP contribution in [0.15, 0.2) is 48.8 Å². The quantitative estimate of drug-likeness (QED) is 0.169. The van der Waals surface area contributed by atoms with Gasteiger partial charge in [0.05, 0.1) is 18.9 Å². The maximum Gasteiger partial charge on any atom is 0.459 e. The van der Waals surface area contributed by atoms with Gasteiger partial charge in [0, 0.05) is 0 Å². The van der Waals surface area contributed by atoms with Gasteiger partial charge in [-0.3, -0.25) is 9.32 Å². The maximum atomic E-state index is 13.9. The molecule has 4 rings (SSSR count). The van der Waals surface area contributed by atoms with E-state index in [1.165, 1.54) is 17.8 Å². The smallest absolute Gasteiger partial charge is 0.459 e. The van der Waals surface area contributed by atoms with E-state index < -0.39 is 50.3 Å². The van der Waals surface area contributed by atoms with Gasteiger partial charge in [0.25, 0.3) is 0 Å². The number of fused-ring (bicyclic) bond motifs is 1. The minimum atomic E-state index is -4.22. The molecule has 1 fully saturated rings. The fraction of sp³-hybridized carbons (Fsp3) is 0.519.